The highest BCUT2D eigenvalue weighted by atomic mass is 32.1. The van der Waals surface area contributed by atoms with Gasteiger partial charge in [0.15, 0.2) is 5.78 Å². The summed E-state index contributed by atoms with van der Waals surface area (Å²) in [4.78, 5) is 17.3. The van der Waals surface area contributed by atoms with Crippen molar-refractivity contribution in [3.8, 4) is 16.2 Å². The number of aliphatic hydroxyl groups is 1. The van der Waals surface area contributed by atoms with Crippen LogP contribution in [0.15, 0.2) is 66.3 Å². The molecule has 3 aromatic carbocycles. The molecule has 0 radical (unpaired) electrons. The van der Waals surface area contributed by atoms with Gasteiger partial charge in [-0.2, -0.15) is 0 Å². The zero-order valence-corrected chi connectivity index (χ0v) is 19.2. The van der Waals surface area contributed by atoms with E-state index in [9.17, 15) is 9.90 Å². The van der Waals surface area contributed by atoms with Crippen molar-refractivity contribution in [1.29, 1.82) is 0 Å². The van der Waals surface area contributed by atoms with E-state index in [-0.39, 0.29) is 5.78 Å². The Morgan fingerprint density at radius 2 is 2.00 bits per heavy atom. The first-order chi connectivity index (χ1) is 16.0. The van der Waals surface area contributed by atoms with E-state index in [1.807, 2.05) is 60.8 Å². The van der Waals surface area contributed by atoms with E-state index in [0.717, 1.165) is 38.1 Å². The highest BCUT2D eigenvalue weighted by Crippen LogP contribution is 2.35. The van der Waals surface area contributed by atoms with Crippen LogP contribution < -0.4 is 4.74 Å². The molecule has 0 aliphatic carbocycles. The lowest BCUT2D eigenvalue weighted by atomic mass is 9.86. The Balaban J connectivity index is 1.41. The van der Waals surface area contributed by atoms with Gasteiger partial charge in [-0.3, -0.25) is 9.78 Å². The van der Waals surface area contributed by atoms with E-state index in [4.69, 9.17) is 9.47 Å². The van der Waals surface area contributed by atoms with Crippen LogP contribution in [-0.4, -0.2) is 29.1 Å². The molecule has 1 aliphatic rings. The number of rotatable bonds is 6. The summed E-state index contributed by atoms with van der Waals surface area (Å²) in [5, 5.41) is 13.0. The number of Topliss-reactive ketones (excluding diaryl/α,β-unsaturated/α-hetero) is 1. The van der Waals surface area contributed by atoms with Crippen molar-refractivity contribution in [3.05, 3.63) is 83.0 Å². The lowest BCUT2D eigenvalue weighted by Crippen LogP contribution is -2.33. The largest absolute Gasteiger partial charge is 0.489 e. The van der Waals surface area contributed by atoms with Gasteiger partial charge < -0.3 is 14.6 Å². The fraction of sp³-hybridized carbons (Fsp3) is 0.259. The Morgan fingerprint density at radius 3 is 2.76 bits per heavy atom. The van der Waals surface area contributed by atoms with Gasteiger partial charge in [0.25, 0.3) is 0 Å². The Hall–Kier alpha value is -3.06. The van der Waals surface area contributed by atoms with Gasteiger partial charge in [-0.15, -0.1) is 11.3 Å². The number of aromatic nitrogens is 1. The molecule has 1 saturated heterocycles. The lowest BCUT2D eigenvalue weighted by molar-refractivity contribution is -0.0679. The first-order valence-electron chi connectivity index (χ1n) is 11.0. The van der Waals surface area contributed by atoms with E-state index in [2.05, 4.69) is 4.98 Å². The van der Waals surface area contributed by atoms with Crippen LogP contribution in [0.2, 0.25) is 0 Å². The Morgan fingerprint density at radius 1 is 1.15 bits per heavy atom. The maximum Gasteiger partial charge on any atom is 0.159 e. The number of ketones is 1. The minimum absolute atomic E-state index is 0.0249. The molecule has 5 nitrogen and oxygen atoms in total. The molecule has 2 heterocycles. The third kappa shape index (κ3) is 4.55. The molecule has 0 bridgehead atoms. The van der Waals surface area contributed by atoms with Crippen molar-refractivity contribution in [1.82, 2.24) is 4.98 Å². The molecule has 1 N–H and O–H groups in total. The second kappa shape index (κ2) is 9.06. The molecule has 0 unspecified atom stereocenters. The summed E-state index contributed by atoms with van der Waals surface area (Å²) in [5.41, 5.74) is 4.53. The standard InChI is InChI=1S/C27H25NO4S/c1-18(29)20-12-21-13-23(5-6-24(21)25(14-20)26-15-28-17-33-26)32-16-19-3-2-4-22(11-19)27(30)7-9-31-10-8-27/h2-6,11-15,17,30H,7-10,16H2,1H3. The topological polar surface area (TPSA) is 68.7 Å². The molecular weight excluding hydrogens is 434 g/mol. The first kappa shape index (κ1) is 21.8. The number of thiazole rings is 1. The summed E-state index contributed by atoms with van der Waals surface area (Å²) < 4.78 is 11.5. The second-order valence-electron chi connectivity index (χ2n) is 8.46. The van der Waals surface area contributed by atoms with Gasteiger partial charge >= 0.3 is 0 Å². The van der Waals surface area contributed by atoms with Crippen LogP contribution in [0.5, 0.6) is 5.75 Å². The SMILES string of the molecule is CC(=O)c1cc(-c2cncs2)c2ccc(OCc3cccc(C4(O)CCOCC4)c3)cc2c1. The summed E-state index contributed by atoms with van der Waals surface area (Å²) in [6, 6.07) is 17.8. The molecule has 0 atom stereocenters. The zero-order valence-electron chi connectivity index (χ0n) is 18.4. The predicted octanol–water partition coefficient (Wildman–Crippen LogP) is 5.74. The van der Waals surface area contributed by atoms with E-state index < -0.39 is 5.60 Å². The van der Waals surface area contributed by atoms with Gasteiger partial charge in [0.2, 0.25) is 0 Å². The van der Waals surface area contributed by atoms with Crippen LogP contribution in [-0.2, 0) is 16.9 Å². The fourth-order valence-corrected chi connectivity index (χ4v) is 4.96. The summed E-state index contributed by atoms with van der Waals surface area (Å²) >= 11 is 1.55. The van der Waals surface area contributed by atoms with Crippen molar-refractivity contribution in [2.24, 2.45) is 0 Å². The van der Waals surface area contributed by atoms with Crippen LogP contribution in [0, 0.1) is 0 Å². The van der Waals surface area contributed by atoms with Crippen LogP contribution >= 0.6 is 11.3 Å². The number of carbonyl (C=O) groups is 1. The molecule has 0 amide bonds. The number of hydrogen-bond donors (Lipinski definition) is 1. The molecule has 5 rings (SSSR count). The number of hydrogen-bond acceptors (Lipinski definition) is 6. The molecule has 168 valence electrons. The van der Waals surface area contributed by atoms with Gasteiger partial charge in [0.1, 0.15) is 12.4 Å². The first-order valence-corrected chi connectivity index (χ1v) is 11.9. The molecule has 1 fully saturated rings. The van der Waals surface area contributed by atoms with Crippen molar-refractivity contribution < 1.29 is 19.4 Å². The van der Waals surface area contributed by atoms with Gasteiger partial charge in [0.05, 0.1) is 16.0 Å². The second-order valence-corrected chi connectivity index (χ2v) is 9.35. The van der Waals surface area contributed by atoms with Crippen molar-refractivity contribution in [2.45, 2.75) is 32.0 Å². The van der Waals surface area contributed by atoms with Gasteiger partial charge in [-0.05, 0) is 59.2 Å². The quantitative estimate of drug-likeness (QED) is 0.372. The van der Waals surface area contributed by atoms with E-state index in [0.29, 0.717) is 38.2 Å². The number of carbonyl (C=O) groups excluding carboxylic acids is 1. The fourth-order valence-electron chi connectivity index (χ4n) is 4.31. The van der Waals surface area contributed by atoms with E-state index in [1.54, 1.807) is 23.8 Å². The van der Waals surface area contributed by atoms with Crippen LogP contribution in [0.25, 0.3) is 21.2 Å². The number of fused-ring (bicyclic) bond motifs is 1. The third-order valence-corrected chi connectivity index (χ3v) is 7.02. The zero-order chi connectivity index (χ0) is 22.8. The molecule has 1 aromatic heterocycles. The average molecular weight is 460 g/mol. The van der Waals surface area contributed by atoms with Gasteiger partial charge in [-0.1, -0.05) is 24.3 Å². The molecular formula is C27H25NO4S. The molecule has 1 aliphatic heterocycles. The Labute approximate surface area is 196 Å². The number of nitrogens with zero attached hydrogens (tertiary/aromatic N) is 1. The van der Waals surface area contributed by atoms with E-state index in [1.165, 1.54) is 0 Å². The Bertz CT molecular complexity index is 1290. The van der Waals surface area contributed by atoms with Crippen molar-refractivity contribution in [2.75, 3.05) is 13.2 Å². The normalized spacial score (nSPS) is 15.5. The third-order valence-electron chi connectivity index (χ3n) is 6.22. The maximum absolute atomic E-state index is 12.1. The van der Waals surface area contributed by atoms with Crippen LogP contribution in [0.3, 0.4) is 0 Å². The summed E-state index contributed by atoms with van der Waals surface area (Å²) in [5.74, 6) is 0.755. The smallest absolute Gasteiger partial charge is 0.159 e. The van der Waals surface area contributed by atoms with Crippen LogP contribution in [0.1, 0.15) is 41.3 Å². The van der Waals surface area contributed by atoms with Crippen molar-refractivity contribution in [3.63, 3.8) is 0 Å². The summed E-state index contributed by atoms with van der Waals surface area (Å²) in [6.07, 6.45) is 3.03. The minimum atomic E-state index is -0.840. The lowest BCUT2D eigenvalue weighted by Gasteiger charge is -2.32. The average Bonchev–Trinajstić information content (AvgIpc) is 3.37. The van der Waals surface area contributed by atoms with Gasteiger partial charge in [0, 0.05) is 43.4 Å². The number of benzene rings is 3. The molecule has 0 saturated carbocycles. The van der Waals surface area contributed by atoms with Crippen LogP contribution in [0.4, 0.5) is 0 Å². The summed E-state index contributed by atoms with van der Waals surface area (Å²) in [7, 11) is 0. The monoisotopic (exact) mass is 459 g/mol. The highest BCUT2D eigenvalue weighted by molar-refractivity contribution is 7.13. The molecule has 4 aromatic rings. The predicted molar refractivity (Wildman–Crippen MR) is 130 cm³/mol. The maximum atomic E-state index is 12.1. The van der Waals surface area contributed by atoms with E-state index >= 15 is 0 Å². The molecule has 33 heavy (non-hydrogen) atoms. The molecule has 6 heteroatoms. The number of ether oxygens (including phenoxy) is 2. The van der Waals surface area contributed by atoms with Crippen molar-refractivity contribution >= 4 is 27.9 Å². The Kier molecular flexibility index (Phi) is 5.98. The molecule has 0 spiro atoms. The van der Waals surface area contributed by atoms with Gasteiger partial charge in [-0.25, -0.2) is 0 Å². The highest BCUT2D eigenvalue weighted by Gasteiger charge is 2.31. The summed E-state index contributed by atoms with van der Waals surface area (Å²) in [6.45, 7) is 3.11. The minimum Gasteiger partial charge on any atom is -0.489 e.